The molecule has 0 N–H and O–H groups in total. The number of ketones is 2. The molecule has 0 unspecified atom stereocenters. The first-order chi connectivity index (χ1) is 6.63. The van der Waals surface area contributed by atoms with Gasteiger partial charge in [-0.1, -0.05) is 0 Å². The highest BCUT2D eigenvalue weighted by atomic mass is 17.4. The number of Topliss-reactive ketones (excluding diaryl/α,β-unsaturated/α-hetero) is 2. The standard InChI is InChI=1S/C8H10O6/c1-2-12-7(11)4-5(9)3-6(10)8-13-14-8/h8H,2-4H2,1H3. The molecule has 0 atom stereocenters. The molecule has 78 valence electrons. The van der Waals surface area contributed by atoms with E-state index in [1.54, 1.807) is 6.92 Å². The van der Waals surface area contributed by atoms with Crippen LogP contribution in [0.2, 0.25) is 0 Å². The summed E-state index contributed by atoms with van der Waals surface area (Å²) in [5.74, 6) is -1.59. The van der Waals surface area contributed by atoms with Crippen LogP contribution in [-0.4, -0.2) is 30.4 Å². The minimum absolute atomic E-state index is 0.217. The first kappa shape index (κ1) is 10.8. The molecule has 0 aromatic carbocycles. The van der Waals surface area contributed by atoms with Crippen LogP contribution in [0.3, 0.4) is 0 Å². The summed E-state index contributed by atoms with van der Waals surface area (Å²) in [6, 6.07) is 0. The average Bonchev–Trinajstić information content (AvgIpc) is 2.85. The van der Waals surface area contributed by atoms with Gasteiger partial charge in [-0.05, 0) is 6.92 Å². The van der Waals surface area contributed by atoms with Crippen LogP contribution in [-0.2, 0) is 28.9 Å². The number of carbonyl (C=O) groups is 3. The fourth-order valence-electron chi connectivity index (χ4n) is 0.848. The summed E-state index contributed by atoms with van der Waals surface area (Å²) in [6.07, 6.45) is -1.66. The van der Waals surface area contributed by atoms with Crippen LogP contribution in [0.25, 0.3) is 0 Å². The van der Waals surface area contributed by atoms with Gasteiger partial charge in [-0.2, -0.15) is 9.78 Å². The lowest BCUT2D eigenvalue weighted by atomic mass is 10.1. The van der Waals surface area contributed by atoms with Crippen molar-refractivity contribution in [2.24, 2.45) is 0 Å². The molecule has 0 aromatic heterocycles. The van der Waals surface area contributed by atoms with Gasteiger partial charge in [-0.15, -0.1) is 0 Å². The van der Waals surface area contributed by atoms with Crippen LogP contribution < -0.4 is 0 Å². The molecule has 0 saturated carbocycles. The van der Waals surface area contributed by atoms with E-state index in [-0.39, 0.29) is 19.4 Å². The molecule has 6 nitrogen and oxygen atoms in total. The Balaban J connectivity index is 2.20. The second kappa shape index (κ2) is 4.83. The van der Waals surface area contributed by atoms with Gasteiger partial charge >= 0.3 is 5.97 Å². The summed E-state index contributed by atoms with van der Waals surface area (Å²) >= 11 is 0. The first-order valence-corrected chi connectivity index (χ1v) is 4.15. The molecule has 1 rings (SSSR count). The van der Waals surface area contributed by atoms with Gasteiger partial charge in [0.1, 0.15) is 6.42 Å². The predicted octanol–water partition coefficient (Wildman–Crippen LogP) is -0.244. The molecule has 0 amide bonds. The molecule has 0 radical (unpaired) electrons. The van der Waals surface area contributed by atoms with E-state index in [2.05, 4.69) is 14.5 Å². The van der Waals surface area contributed by atoms with E-state index in [0.717, 1.165) is 0 Å². The smallest absolute Gasteiger partial charge is 0.313 e. The lowest BCUT2D eigenvalue weighted by Crippen LogP contribution is -2.17. The van der Waals surface area contributed by atoms with Crippen molar-refractivity contribution >= 4 is 17.5 Å². The molecule has 0 aromatic rings. The third-order valence-corrected chi connectivity index (χ3v) is 1.47. The van der Waals surface area contributed by atoms with Crippen molar-refractivity contribution in [2.75, 3.05) is 6.61 Å². The second-order valence-electron chi connectivity index (χ2n) is 2.69. The third kappa shape index (κ3) is 3.63. The molecule has 0 bridgehead atoms. The maximum absolute atomic E-state index is 11.0. The fraction of sp³-hybridized carbons (Fsp3) is 0.625. The van der Waals surface area contributed by atoms with E-state index in [1.807, 2.05) is 0 Å². The van der Waals surface area contributed by atoms with Crippen LogP contribution in [0, 0.1) is 0 Å². The van der Waals surface area contributed by atoms with Gasteiger partial charge in [0.05, 0.1) is 13.0 Å². The highest BCUT2D eigenvalue weighted by Crippen LogP contribution is 2.15. The Morgan fingerprint density at radius 2 is 1.86 bits per heavy atom. The quantitative estimate of drug-likeness (QED) is 0.255. The third-order valence-electron chi connectivity index (χ3n) is 1.47. The Morgan fingerprint density at radius 1 is 1.21 bits per heavy atom. The Morgan fingerprint density at radius 3 is 2.36 bits per heavy atom. The van der Waals surface area contributed by atoms with Gasteiger partial charge in [-0.25, -0.2) is 0 Å². The molecule has 1 aliphatic heterocycles. The minimum atomic E-state index is -0.916. The monoisotopic (exact) mass is 202 g/mol. The van der Waals surface area contributed by atoms with Gasteiger partial charge in [0.2, 0.25) is 5.78 Å². The van der Waals surface area contributed by atoms with E-state index in [9.17, 15) is 14.4 Å². The van der Waals surface area contributed by atoms with Crippen LogP contribution in [0.5, 0.6) is 0 Å². The van der Waals surface area contributed by atoms with E-state index >= 15 is 0 Å². The summed E-state index contributed by atoms with van der Waals surface area (Å²) < 4.78 is 4.54. The molecular weight excluding hydrogens is 192 g/mol. The van der Waals surface area contributed by atoms with E-state index in [1.165, 1.54) is 0 Å². The number of carbonyl (C=O) groups excluding carboxylic acids is 3. The van der Waals surface area contributed by atoms with Crippen LogP contribution in [0.4, 0.5) is 0 Å². The van der Waals surface area contributed by atoms with E-state index < -0.39 is 23.8 Å². The minimum Gasteiger partial charge on any atom is -0.466 e. The highest BCUT2D eigenvalue weighted by Gasteiger charge is 2.35. The summed E-state index contributed by atoms with van der Waals surface area (Å²) in [4.78, 5) is 41.2. The largest absolute Gasteiger partial charge is 0.466 e. The summed E-state index contributed by atoms with van der Waals surface area (Å²) in [7, 11) is 0. The zero-order valence-corrected chi connectivity index (χ0v) is 7.65. The number of hydrogen-bond acceptors (Lipinski definition) is 6. The van der Waals surface area contributed by atoms with Crippen molar-refractivity contribution in [1.29, 1.82) is 0 Å². The topological polar surface area (TPSA) is 85.5 Å². The molecule has 6 heteroatoms. The zero-order chi connectivity index (χ0) is 10.6. The van der Waals surface area contributed by atoms with Crippen molar-refractivity contribution < 1.29 is 28.9 Å². The Labute approximate surface area is 80.0 Å². The summed E-state index contributed by atoms with van der Waals surface area (Å²) in [5.41, 5.74) is 0. The van der Waals surface area contributed by atoms with Crippen LogP contribution in [0.15, 0.2) is 0 Å². The summed E-state index contributed by atoms with van der Waals surface area (Å²) in [5, 5.41) is 0. The Bertz CT molecular complexity index is 255. The van der Waals surface area contributed by atoms with E-state index in [0.29, 0.717) is 0 Å². The number of rotatable bonds is 6. The van der Waals surface area contributed by atoms with Gasteiger partial charge in [-0.3, -0.25) is 14.4 Å². The number of hydrogen-bond donors (Lipinski definition) is 0. The number of esters is 1. The first-order valence-electron chi connectivity index (χ1n) is 4.15. The maximum atomic E-state index is 11.0. The van der Waals surface area contributed by atoms with Crippen molar-refractivity contribution in [3.63, 3.8) is 0 Å². The summed E-state index contributed by atoms with van der Waals surface area (Å²) in [6.45, 7) is 1.86. The van der Waals surface area contributed by atoms with Crippen molar-refractivity contribution in [3.8, 4) is 0 Å². The molecule has 1 saturated heterocycles. The maximum Gasteiger partial charge on any atom is 0.313 e. The van der Waals surface area contributed by atoms with Crippen molar-refractivity contribution in [1.82, 2.24) is 0 Å². The lowest BCUT2D eigenvalue weighted by molar-refractivity contribution is -0.145. The molecule has 1 heterocycles. The predicted molar refractivity (Wildman–Crippen MR) is 41.8 cm³/mol. The van der Waals surface area contributed by atoms with Gasteiger partial charge < -0.3 is 4.74 Å². The zero-order valence-electron chi connectivity index (χ0n) is 7.65. The van der Waals surface area contributed by atoms with Gasteiger partial charge in [0, 0.05) is 0 Å². The molecule has 1 fully saturated rings. The SMILES string of the molecule is CCOC(=O)CC(=O)CC(=O)C1OO1. The lowest BCUT2D eigenvalue weighted by Gasteiger charge is -1.99. The van der Waals surface area contributed by atoms with Gasteiger partial charge in [0.25, 0.3) is 6.29 Å². The fourth-order valence-corrected chi connectivity index (χ4v) is 0.848. The highest BCUT2D eigenvalue weighted by molar-refractivity contribution is 6.06. The van der Waals surface area contributed by atoms with Crippen LogP contribution in [0.1, 0.15) is 19.8 Å². The van der Waals surface area contributed by atoms with Crippen molar-refractivity contribution in [2.45, 2.75) is 26.1 Å². The average molecular weight is 202 g/mol. The number of ether oxygens (including phenoxy) is 1. The van der Waals surface area contributed by atoms with Crippen LogP contribution >= 0.6 is 0 Å². The Kier molecular flexibility index (Phi) is 3.73. The molecular formula is C8H10O6. The van der Waals surface area contributed by atoms with Gasteiger partial charge in [0.15, 0.2) is 5.78 Å². The Hall–Kier alpha value is -1.27. The normalized spacial score (nSPS) is 14.9. The van der Waals surface area contributed by atoms with Crippen molar-refractivity contribution in [3.05, 3.63) is 0 Å². The molecule has 14 heavy (non-hydrogen) atoms. The van der Waals surface area contributed by atoms with E-state index in [4.69, 9.17) is 0 Å². The molecule has 1 aliphatic rings. The molecule has 0 spiro atoms. The molecule has 0 aliphatic carbocycles. The second-order valence-corrected chi connectivity index (χ2v) is 2.69.